The summed E-state index contributed by atoms with van der Waals surface area (Å²) < 4.78 is 0. The van der Waals surface area contributed by atoms with Gasteiger partial charge < -0.3 is 10.2 Å². The van der Waals surface area contributed by atoms with Crippen LogP contribution in [0.2, 0.25) is 0 Å². The Balaban J connectivity index is 1.72. The van der Waals surface area contributed by atoms with Crippen molar-refractivity contribution in [3.8, 4) is 0 Å². The first-order valence-electron chi connectivity index (χ1n) is 9.28. The van der Waals surface area contributed by atoms with E-state index in [0.29, 0.717) is 23.8 Å². The minimum Gasteiger partial charge on any atom is -0.393 e. The molecule has 0 saturated heterocycles. The van der Waals surface area contributed by atoms with Gasteiger partial charge in [-0.15, -0.1) is 0 Å². The minimum atomic E-state index is -0.522. The summed E-state index contributed by atoms with van der Waals surface area (Å²) in [6, 6.07) is 0. The number of allylic oxidation sites excluding steroid dienone is 5. The highest BCUT2D eigenvalue weighted by molar-refractivity contribution is 6.01. The molecule has 0 aromatic heterocycles. The van der Waals surface area contributed by atoms with Crippen LogP contribution in [0.5, 0.6) is 0 Å². The predicted octanol–water partition coefficient (Wildman–Crippen LogP) is 2.36. The van der Waals surface area contributed by atoms with Crippen LogP contribution >= 0.6 is 0 Å². The van der Waals surface area contributed by atoms with Crippen LogP contribution in [-0.2, 0) is 9.59 Å². The zero-order chi connectivity index (χ0) is 18.0. The van der Waals surface area contributed by atoms with E-state index in [1.807, 2.05) is 12.2 Å². The molecule has 4 aliphatic rings. The van der Waals surface area contributed by atoms with Crippen molar-refractivity contribution >= 4 is 11.6 Å². The van der Waals surface area contributed by atoms with E-state index in [4.69, 9.17) is 0 Å². The zero-order valence-corrected chi connectivity index (χ0v) is 14.9. The Morgan fingerprint density at radius 1 is 1.36 bits per heavy atom. The lowest BCUT2D eigenvalue weighted by molar-refractivity contribution is -0.124. The van der Waals surface area contributed by atoms with Crippen LogP contribution in [0, 0.1) is 28.6 Å². The average Bonchev–Trinajstić information content (AvgIpc) is 2.91. The fraction of sp³-hybridized carbons (Fsp3) is 0.619. The molecule has 134 valence electrons. The Hall–Kier alpha value is -1.52. The highest BCUT2D eigenvalue weighted by atomic mass is 16.3. The molecule has 0 amide bonds. The molecule has 0 radical (unpaired) electrons. The first-order valence-corrected chi connectivity index (χ1v) is 9.28. The molecular weight excluding hydrogens is 316 g/mol. The van der Waals surface area contributed by atoms with Crippen LogP contribution in [0.15, 0.2) is 35.5 Å². The third kappa shape index (κ3) is 2.20. The molecular formula is C21H26O4. The van der Waals surface area contributed by atoms with E-state index < -0.39 is 12.7 Å². The third-order valence-corrected chi connectivity index (χ3v) is 7.52. The van der Waals surface area contributed by atoms with Gasteiger partial charge in [0.15, 0.2) is 11.6 Å². The van der Waals surface area contributed by atoms with Crippen LogP contribution in [0.3, 0.4) is 0 Å². The Bertz CT molecular complexity index is 730. The summed E-state index contributed by atoms with van der Waals surface area (Å²) in [6.45, 7) is 3.76. The van der Waals surface area contributed by atoms with Gasteiger partial charge in [-0.25, -0.2) is 0 Å². The molecule has 4 rings (SSSR count). The van der Waals surface area contributed by atoms with E-state index in [0.717, 1.165) is 24.8 Å². The second kappa shape index (κ2) is 5.49. The molecule has 2 saturated carbocycles. The summed E-state index contributed by atoms with van der Waals surface area (Å²) in [5, 5.41) is 20.4. The van der Waals surface area contributed by atoms with Crippen molar-refractivity contribution < 1.29 is 19.8 Å². The number of fused-ring (bicyclic) bond motifs is 5. The van der Waals surface area contributed by atoms with Gasteiger partial charge in [-0.2, -0.15) is 0 Å². The monoisotopic (exact) mass is 342 g/mol. The summed E-state index contributed by atoms with van der Waals surface area (Å²) in [4.78, 5) is 24.0. The molecule has 0 aliphatic heterocycles. The molecule has 2 N–H and O–H groups in total. The van der Waals surface area contributed by atoms with Gasteiger partial charge in [-0.05, 0) is 55.2 Å². The highest BCUT2D eigenvalue weighted by Crippen LogP contribution is 2.64. The normalized spacial score (nSPS) is 45.2. The smallest absolute Gasteiger partial charge is 0.184 e. The summed E-state index contributed by atoms with van der Waals surface area (Å²) in [7, 11) is 0. The number of rotatable bonds is 2. The molecule has 0 bridgehead atoms. The SMILES string of the molecule is C[C@]12C=CC(=O)C=C1CC[C@@H]1[C@@H]2C(O)C[C@]2(C)C(C(=O)CO)=CC[C@@H]12. The van der Waals surface area contributed by atoms with Crippen LogP contribution in [0.4, 0.5) is 0 Å². The lowest BCUT2D eigenvalue weighted by Crippen LogP contribution is -2.55. The number of hydrogen-bond donors (Lipinski definition) is 2. The minimum absolute atomic E-state index is 0.0411. The van der Waals surface area contributed by atoms with Crippen molar-refractivity contribution in [3.63, 3.8) is 0 Å². The van der Waals surface area contributed by atoms with Crippen LogP contribution in [0.1, 0.15) is 39.5 Å². The molecule has 1 unspecified atom stereocenters. The lowest BCUT2D eigenvalue weighted by atomic mass is 9.47. The molecule has 0 spiro atoms. The van der Waals surface area contributed by atoms with Crippen molar-refractivity contribution in [1.82, 2.24) is 0 Å². The van der Waals surface area contributed by atoms with Crippen LogP contribution in [-0.4, -0.2) is 34.5 Å². The third-order valence-electron chi connectivity index (χ3n) is 7.52. The van der Waals surface area contributed by atoms with Gasteiger partial charge in [-0.3, -0.25) is 9.59 Å². The van der Waals surface area contributed by atoms with E-state index in [1.165, 1.54) is 0 Å². The van der Waals surface area contributed by atoms with Gasteiger partial charge in [0.1, 0.15) is 6.61 Å². The fourth-order valence-electron chi connectivity index (χ4n) is 6.41. The lowest BCUT2D eigenvalue weighted by Gasteiger charge is -2.58. The Labute approximate surface area is 148 Å². The van der Waals surface area contributed by atoms with Gasteiger partial charge in [0.25, 0.3) is 0 Å². The Morgan fingerprint density at radius 2 is 2.12 bits per heavy atom. The number of aliphatic hydroxyl groups is 2. The van der Waals surface area contributed by atoms with Gasteiger partial charge >= 0.3 is 0 Å². The molecule has 25 heavy (non-hydrogen) atoms. The zero-order valence-electron chi connectivity index (χ0n) is 14.9. The predicted molar refractivity (Wildman–Crippen MR) is 93.6 cm³/mol. The maximum atomic E-state index is 12.2. The number of carbonyl (C=O) groups excluding carboxylic acids is 2. The van der Waals surface area contributed by atoms with Crippen LogP contribution in [0.25, 0.3) is 0 Å². The van der Waals surface area contributed by atoms with Gasteiger partial charge in [0.05, 0.1) is 6.10 Å². The van der Waals surface area contributed by atoms with E-state index in [-0.39, 0.29) is 28.3 Å². The number of aliphatic hydroxyl groups excluding tert-OH is 2. The number of hydrogen-bond acceptors (Lipinski definition) is 4. The van der Waals surface area contributed by atoms with Gasteiger partial charge in [-0.1, -0.05) is 31.6 Å². The fourth-order valence-corrected chi connectivity index (χ4v) is 6.41. The van der Waals surface area contributed by atoms with Crippen molar-refractivity contribution in [2.24, 2.45) is 28.6 Å². The average molecular weight is 342 g/mol. The van der Waals surface area contributed by atoms with E-state index >= 15 is 0 Å². The highest BCUT2D eigenvalue weighted by Gasteiger charge is 2.60. The quantitative estimate of drug-likeness (QED) is 0.808. The molecule has 4 aliphatic carbocycles. The maximum absolute atomic E-state index is 12.2. The van der Waals surface area contributed by atoms with Crippen molar-refractivity contribution in [2.45, 2.75) is 45.6 Å². The number of carbonyl (C=O) groups is 2. The summed E-state index contributed by atoms with van der Waals surface area (Å²) in [5.41, 5.74) is 1.22. The Morgan fingerprint density at radius 3 is 2.84 bits per heavy atom. The van der Waals surface area contributed by atoms with Crippen molar-refractivity contribution in [1.29, 1.82) is 0 Å². The summed E-state index contributed by atoms with van der Waals surface area (Å²) in [6.07, 6.45) is 10.1. The standard InChI is InChI=1S/C21H26O4/c1-20-8-7-13(23)9-12(20)3-4-14-15-5-6-16(18(25)11-22)21(15,2)10-17(24)19(14)20/h6-9,14-15,17,19,22,24H,3-5,10-11H2,1-2H3/t14-,15-,17?,19+,20-,21-/m0/s1. The molecule has 0 heterocycles. The molecule has 2 fully saturated rings. The van der Waals surface area contributed by atoms with Gasteiger partial charge in [0.2, 0.25) is 0 Å². The maximum Gasteiger partial charge on any atom is 0.184 e. The van der Waals surface area contributed by atoms with E-state index in [9.17, 15) is 19.8 Å². The topological polar surface area (TPSA) is 74.6 Å². The molecule has 4 heteroatoms. The summed E-state index contributed by atoms with van der Waals surface area (Å²) >= 11 is 0. The summed E-state index contributed by atoms with van der Waals surface area (Å²) in [5.74, 6) is 0.539. The first kappa shape index (κ1) is 16.9. The molecule has 0 aromatic carbocycles. The van der Waals surface area contributed by atoms with Gasteiger partial charge in [0, 0.05) is 16.7 Å². The van der Waals surface area contributed by atoms with Crippen molar-refractivity contribution in [3.05, 3.63) is 35.5 Å². The van der Waals surface area contributed by atoms with Crippen molar-refractivity contribution in [2.75, 3.05) is 6.61 Å². The molecule has 4 nitrogen and oxygen atoms in total. The molecule has 6 atom stereocenters. The van der Waals surface area contributed by atoms with Crippen LogP contribution < -0.4 is 0 Å². The Kier molecular flexibility index (Phi) is 3.71. The second-order valence-corrected chi connectivity index (χ2v) is 8.65. The number of Topliss-reactive ketones (excluding diaryl/α,β-unsaturated/α-hetero) is 1. The first-order chi connectivity index (χ1) is 11.8. The second-order valence-electron chi connectivity index (χ2n) is 8.65. The molecule has 0 aromatic rings. The largest absolute Gasteiger partial charge is 0.393 e. The van der Waals surface area contributed by atoms with E-state index in [1.54, 1.807) is 12.2 Å². The number of ketones is 2. The van der Waals surface area contributed by atoms with E-state index in [2.05, 4.69) is 13.8 Å².